The molecule has 22 heavy (non-hydrogen) atoms. The van der Waals surface area contributed by atoms with Crippen LogP contribution in [0.5, 0.6) is 0 Å². The quantitative estimate of drug-likeness (QED) is 0.912. The minimum absolute atomic E-state index is 0.0217. The maximum Gasteiger partial charge on any atom is 0.150 e. The van der Waals surface area contributed by atoms with Crippen molar-refractivity contribution in [1.29, 1.82) is 0 Å². The molecule has 1 saturated heterocycles. The predicted octanol–water partition coefficient (Wildman–Crippen LogP) is 2.65. The number of hydrogen-bond acceptors (Lipinski definition) is 4. The molecule has 0 aliphatic carbocycles. The van der Waals surface area contributed by atoms with Crippen LogP contribution in [0.25, 0.3) is 0 Å². The van der Waals surface area contributed by atoms with Gasteiger partial charge in [-0.3, -0.25) is 5.43 Å². The molecule has 2 aliphatic heterocycles. The van der Waals surface area contributed by atoms with Crippen LogP contribution in [0.3, 0.4) is 0 Å². The van der Waals surface area contributed by atoms with E-state index in [2.05, 4.69) is 17.1 Å². The first kappa shape index (κ1) is 15.0. The molecule has 0 bridgehead atoms. The Kier molecular flexibility index (Phi) is 4.11. The number of rotatable bonds is 2. The van der Waals surface area contributed by atoms with Gasteiger partial charge in [-0.25, -0.2) is 8.78 Å². The first-order valence-corrected chi connectivity index (χ1v) is 7.39. The first-order chi connectivity index (χ1) is 10.6. The van der Waals surface area contributed by atoms with E-state index in [0.717, 1.165) is 5.70 Å². The van der Waals surface area contributed by atoms with Crippen LogP contribution < -0.4 is 10.3 Å². The van der Waals surface area contributed by atoms with Gasteiger partial charge in [0.2, 0.25) is 0 Å². The highest BCUT2D eigenvalue weighted by Crippen LogP contribution is 2.28. The summed E-state index contributed by atoms with van der Waals surface area (Å²) >= 11 is 0. The molecule has 2 aliphatic rings. The number of hydrazone groups is 1. The first-order valence-electron chi connectivity index (χ1n) is 7.39. The minimum atomic E-state index is -0.559. The topological polar surface area (TPSA) is 36.9 Å². The molecule has 4 nitrogen and oxygen atoms in total. The van der Waals surface area contributed by atoms with Gasteiger partial charge in [-0.05, 0) is 18.6 Å². The van der Waals surface area contributed by atoms with Crippen molar-refractivity contribution in [2.24, 2.45) is 11.0 Å². The molecule has 0 radical (unpaired) electrons. The average Bonchev–Trinajstić information content (AvgIpc) is 2.47. The summed E-state index contributed by atoms with van der Waals surface area (Å²) in [6.07, 6.45) is 0.702. The lowest BCUT2D eigenvalue weighted by molar-refractivity contribution is 0.122. The number of allylic oxidation sites excluding steroid dienone is 1. The summed E-state index contributed by atoms with van der Waals surface area (Å²) in [6, 6.07) is 2.72. The number of anilines is 1. The van der Waals surface area contributed by atoms with Gasteiger partial charge in [-0.15, -0.1) is 0 Å². The standard InChI is InChI=1S/C16H19F2N3O/c1-10-7-11(2)19-20-15(10)12-8-13(17)16(14(18)9-12)21-3-5-22-6-4-21/h8-10,19H,2-7H2,1H3/t10-/m1/s1. The van der Waals surface area contributed by atoms with Crippen molar-refractivity contribution in [1.82, 2.24) is 5.43 Å². The number of nitrogens with zero attached hydrogens (tertiary/aromatic N) is 2. The van der Waals surface area contributed by atoms with E-state index in [9.17, 15) is 8.78 Å². The Hall–Kier alpha value is -1.95. The van der Waals surface area contributed by atoms with E-state index in [1.54, 1.807) is 4.90 Å². The van der Waals surface area contributed by atoms with Crippen molar-refractivity contribution >= 4 is 11.4 Å². The fourth-order valence-electron chi connectivity index (χ4n) is 2.91. The molecule has 1 N–H and O–H groups in total. The number of ether oxygens (including phenoxy) is 1. The Morgan fingerprint density at radius 2 is 1.91 bits per heavy atom. The third kappa shape index (κ3) is 2.83. The van der Waals surface area contributed by atoms with Crippen molar-refractivity contribution in [3.8, 4) is 0 Å². The lowest BCUT2D eigenvalue weighted by atomic mass is 9.93. The zero-order chi connectivity index (χ0) is 15.7. The summed E-state index contributed by atoms with van der Waals surface area (Å²) in [7, 11) is 0. The predicted molar refractivity (Wildman–Crippen MR) is 82.0 cm³/mol. The van der Waals surface area contributed by atoms with Crippen molar-refractivity contribution in [2.75, 3.05) is 31.2 Å². The Bertz CT molecular complexity index is 601. The second-order valence-corrected chi connectivity index (χ2v) is 5.71. The van der Waals surface area contributed by atoms with E-state index < -0.39 is 11.6 Å². The van der Waals surface area contributed by atoms with Gasteiger partial charge in [0.25, 0.3) is 0 Å². The van der Waals surface area contributed by atoms with E-state index in [0.29, 0.717) is 44.0 Å². The SMILES string of the molecule is C=C1C[C@@H](C)C(c2cc(F)c(N3CCOCC3)c(F)c2)=NN1. The van der Waals surface area contributed by atoms with E-state index >= 15 is 0 Å². The Balaban J connectivity index is 1.94. The summed E-state index contributed by atoms with van der Waals surface area (Å²) in [4.78, 5) is 1.68. The van der Waals surface area contributed by atoms with Crippen molar-refractivity contribution < 1.29 is 13.5 Å². The lowest BCUT2D eigenvalue weighted by Crippen LogP contribution is -2.37. The molecule has 0 unspecified atom stereocenters. The summed E-state index contributed by atoms with van der Waals surface area (Å²) < 4.78 is 34.1. The van der Waals surface area contributed by atoms with E-state index in [-0.39, 0.29) is 11.6 Å². The van der Waals surface area contributed by atoms with Gasteiger partial charge >= 0.3 is 0 Å². The highest BCUT2D eigenvalue weighted by molar-refractivity contribution is 6.02. The van der Waals surface area contributed by atoms with Crippen molar-refractivity contribution in [2.45, 2.75) is 13.3 Å². The Labute approximate surface area is 128 Å². The largest absolute Gasteiger partial charge is 0.378 e. The van der Waals surface area contributed by atoms with Crippen LogP contribution in [-0.4, -0.2) is 32.0 Å². The summed E-state index contributed by atoms with van der Waals surface area (Å²) in [5.74, 6) is -1.05. The zero-order valence-corrected chi connectivity index (χ0v) is 12.5. The second-order valence-electron chi connectivity index (χ2n) is 5.71. The molecule has 0 amide bonds. The van der Waals surface area contributed by atoms with Gasteiger partial charge < -0.3 is 9.64 Å². The Morgan fingerprint density at radius 1 is 1.27 bits per heavy atom. The van der Waals surface area contributed by atoms with Crippen LogP contribution in [0.1, 0.15) is 18.9 Å². The molecule has 118 valence electrons. The third-order valence-electron chi connectivity index (χ3n) is 3.99. The van der Waals surface area contributed by atoms with E-state index in [4.69, 9.17) is 4.74 Å². The monoisotopic (exact) mass is 307 g/mol. The maximum absolute atomic E-state index is 14.4. The van der Waals surface area contributed by atoms with Crippen molar-refractivity contribution in [3.05, 3.63) is 41.6 Å². The molecule has 1 aromatic carbocycles. The van der Waals surface area contributed by atoms with Gasteiger partial charge in [0.1, 0.15) is 17.3 Å². The summed E-state index contributed by atoms with van der Waals surface area (Å²) in [6.45, 7) is 7.74. The normalized spacial score (nSPS) is 22.3. The fraction of sp³-hybridized carbons (Fsp3) is 0.438. The number of benzene rings is 1. The van der Waals surface area contributed by atoms with Crippen LogP contribution in [-0.2, 0) is 4.74 Å². The lowest BCUT2D eigenvalue weighted by Gasteiger charge is -2.30. The van der Waals surface area contributed by atoms with Crippen LogP contribution in [0.15, 0.2) is 29.5 Å². The van der Waals surface area contributed by atoms with Crippen LogP contribution in [0, 0.1) is 17.6 Å². The minimum Gasteiger partial charge on any atom is -0.378 e. The maximum atomic E-state index is 14.4. The summed E-state index contributed by atoms with van der Waals surface area (Å²) in [5, 5.41) is 4.19. The van der Waals surface area contributed by atoms with Crippen LogP contribution >= 0.6 is 0 Å². The molecule has 1 atom stereocenters. The number of morpholine rings is 1. The molecule has 1 aromatic rings. The highest BCUT2D eigenvalue weighted by atomic mass is 19.1. The molecule has 0 spiro atoms. The van der Waals surface area contributed by atoms with Gasteiger partial charge in [0.15, 0.2) is 0 Å². The smallest absolute Gasteiger partial charge is 0.150 e. The molecular weight excluding hydrogens is 288 g/mol. The molecule has 2 heterocycles. The number of hydrogen-bond donors (Lipinski definition) is 1. The van der Waals surface area contributed by atoms with E-state index in [1.807, 2.05) is 6.92 Å². The zero-order valence-electron chi connectivity index (χ0n) is 12.5. The summed E-state index contributed by atoms with van der Waals surface area (Å²) in [5.41, 5.74) is 4.75. The molecule has 1 fully saturated rings. The van der Waals surface area contributed by atoms with E-state index in [1.165, 1.54) is 12.1 Å². The highest BCUT2D eigenvalue weighted by Gasteiger charge is 2.24. The molecular formula is C16H19F2N3O. The van der Waals surface area contributed by atoms with Gasteiger partial charge in [-0.1, -0.05) is 13.5 Å². The van der Waals surface area contributed by atoms with Gasteiger partial charge in [0, 0.05) is 30.3 Å². The average molecular weight is 307 g/mol. The molecule has 3 rings (SSSR count). The van der Waals surface area contributed by atoms with Gasteiger partial charge in [0.05, 0.1) is 18.9 Å². The van der Waals surface area contributed by atoms with Crippen molar-refractivity contribution in [3.63, 3.8) is 0 Å². The number of nitrogens with one attached hydrogen (secondary N) is 1. The van der Waals surface area contributed by atoms with Crippen LogP contribution in [0.2, 0.25) is 0 Å². The molecule has 0 saturated carbocycles. The second kappa shape index (κ2) is 6.04. The fourth-order valence-corrected chi connectivity index (χ4v) is 2.91. The Morgan fingerprint density at radius 3 is 2.50 bits per heavy atom. The molecule has 0 aromatic heterocycles. The third-order valence-corrected chi connectivity index (χ3v) is 3.99. The van der Waals surface area contributed by atoms with Gasteiger partial charge in [-0.2, -0.15) is 5.10 Å². The number of halogens is 2. The molecule has 6 heteroatoms. The van der Waals surface area contributed by atoms with Crippen LogP contribution in [0.4, 0.5) is 14.5 Å².